The maximum absolute atomic E-state index is 13.3. The average molecular weight is 364 g/mol. The molecule has 0 aliphatic heterocycles. The van der Waals surface area contributed by atoms with Gasteiger partial charge in [-0.05, 0) is 55.6 Å². The SMILES string of the molecule is CCn1nc(C)c(Br)c1CC(NC)C1CCC(F)(F)CC1. The van der Waals surface area contributed by atoms with Gasteiger partial charge in [0.05, 0.1) is 15.9 Å². The van der Waals surface area contributed by atoms with Crippen molar-refractivity contribution < 1.29 is 8.78 Å². The largest absolute Gasteiger partial charge is 0.316 e. The number of halogens is 3. The molecule has 0 amide bonds. The van der Waals surface area contributed by atoms with E-state index in [1.807, 2.05) is 18.7 Å². The quantitative estimate of drug-likeness (QED) is 0.858. The highest BCUT2D eigenvalue weighted by molar-refractivity contribution is 9.10. The number of likely N-dealkylation sites (N-methyl/N-ethyl adjacent to an activating group) is 1. The third-order valence-corrected chi connectivity index (χ3v) is 5.60. The van der Waals surface area contributed by atoms with E-state index in [2.05, 4.69) is 33.3 Å². The summed E-state index contributed by atoms with van der Waals surface area (Å²) in [7, 11) is 1.92. The molecule has 3 nitrogen and oxygen atoms in total. The maximum atomic E-state index is 13.3. The molecule has 2 rings (SSSR count). The molecule has 0 bridgehead atoms. The Hall–Kier alpha value is -0.490. The lowest BCUT2D eigenvalue weighted by molar-refractivity contribution is -0.0493. The van der Waals surface area contributed by atoms with Gasteiger partial charge in [-0.2, -0.15) is 5.10 Å². The lowest BCUT2D eigenvalue weighted by atomic mass is 9.80. The van der Waals surface area contributed by atoms with Crippen molar-refractivity contribution in [3.63, 3.8) is 0 Å². The van der Waals surface area contributed by atoms with E-state index in [0.717, 1.165) is 28.8 Å². The second-order valence-corrected chi connectivity index (χ2v) is 6.75. The predicted molar refractivity (Wildman–Crippen MR) is 83.8 cm³/mol. The van der Waals surface area contributed by atoms with Crippen LogP contribution in [0.5, 0.6) is 0 Å². The van der Waals surface area contributed by atoms with Gasteiger partial charge in [0.15, 0.2) is 0 Å². The first-order valence-corrected chi connectivity index (χ1v) is 8.44. The van der Waals surface area contributed by atoms with Crippen molar-refractivity contribution in [2.45, 2.75) is 64.5 Å². The van der Waals surface area contributed by atoms with Gasteiger partial charge in [-0.1, -0.05) is 0 Å². The first kappa shape index (κ1) is 16.9. The highest BCUT2D eigenvalue weighted by atomic mass is 79.9. The van der Waals surface area contributed by atoms with Crippen LogP contribution in [0.4, 0.5) is 8.78 Å². The van der Waals surface area contributed by atoms with Crippen molar-refractivity contribution in [2.24, 2.45) is 5.92 Å². The average Bonchev–Trinajstić information content (AvgIpc) is 2.72. The molecule has 1 aliphatic carbocycles. The standard InChI is InChI=1S/C15H24BrF2N3/c1-4-21-13(14(16)10(2)20-21)9-12(19-3)11-5-7-15(17,18)8-6-11/h11-12,19H,4-9H2,1-3H3. The summed E-state index contributed by atoms with van der Waals surface area (Å²) in [5.74, 6) is -2.15. The Morgan fingerprint density at radius 2 is 2.05 bits per heavy atom. The molecule has 0 radical (unpaired) electrons. The zero-order chi connectivity index (χ0) is 15.6. The maximum Gasteiger partial charge on any atom is 0.248 e. The van der Waals surface area contributed by atoms with Crippen LogP contribution in [0.25, 0.3) is 0 Å². The number of hydrogen-bond donors (Lipinski definition) is 1. The normalized spacial score (nSPS) is 20.7. The van der Waals surface area contributed by atoms with Crippen molar-refractivity contribution in [2.75, 3.05) is 7.05 Å². The van der Waals surface area contributed by atoms with Gasteiger partial charge in [-0.3, -0.25) is 4.68 Å². The third kappa shape index (κ3) is 3.83. The summed E-state index contributed by atoms with van der Waals surface area (Å²) in [6.45, 7) is 4.87. The van der Waals surface area contributed by atoms with Crippen molar-refractivity contribution in [1.82, 2.24) is 15.1 Å². The zero-order valence-electron chi connectivity index (χ0n) is 12.9. The molecular formula is C15H24BrF2N3. The third-order valence-electron chi connectivity index (χ3n) is 4.57. The van der Waals surface area contributed by atoms with E-state index >= 15 is 0 Å². The molecule has 6 heteroatoms. The number of aromatic nitrogens is 2. The summed E-state index contributed by atoms with van der Waals surface area (Å²) in [5, 5.41) is 7.83. The van der Waals surface area contributed by atoms with Crippen LogP contribution in [0.3, 0.4) is 0 Å². The molecule has 120 valence electrons. The van der Waals surface area contributed by atoms with Crippen LogP contribution in [0.15, 0.2) is 4.47 Å². The van der Waals surface area contributed by atoms with Gasteiger partial charge < -0.3 is 5.32 Å². The molecule has 1 N–H and O–H groups in total. The molecule has 1 fully saturated rings. The Morgan fingerprint density at radius 3 is 2.57 bits per heavy atom. The minimum absolute atomic E-state index is 0.0169. The van der Waals surface area contributed by atoms with E-state index in [9.17, 15) is 8.78 Å². The molecule has 21 heavy (non-hydrogen) atoms. The summed E-state index contributed by atoms with van der Waals surface area (Å²) in [4.78, 5) is 0. The molecule has 0 saturated heterocycles. The Morgan fingerprint density at radius 1 is 1.43 bits per heavy atom. The van der Waals surface area contributed by atoms with Gasteiger partial charge in [-0.15, -0.1) is 0 Å². The number of nitrogens with zero attached hydrogens (tertiary/aromatic N) is 2. The molecule has 1 heterocycles. The number of rotatable bonds is 5. The highest BCUT2D eigenvalue weighted by Gasteiger charge is 2.37. The first-order chi connectivity index (χ1) is 9.88. The van der Waals surface area contributed by atoms with E-state index in [1.165, 1.54) is 0 Å². The van der Waals surface area contributed by atoms with Gasteiger partial charge in [0, 0.05) is 31.8 Å². The first-order valence-electron chi connectivity index (χ1n) is 7.64. The number of hydrogen-bond acceptors (Lipinski definition) is 2. The predicted octanol–water partition coefficient (Wildman–Crippen LogP) is 3.93. The van der Waals surface area contributed by atoms with Gasteiger partial charge in [-0.25, -0.2) is 8.78 Å². The Balaban J connectivity index is 2.10. The second kappa shape index (κ2) is 6.73. The molecule has 0 aromatic carbocycles. The lowest BCUT2D eigenvalue weighted by Gasteiger charge is -2.33. The fraction of sp³-hybridized carbons (Fsp3) is 0.800. The molecule has 1 aromatic heterocycles. The molecule has 1 aliphatic rings. The van der Waals surface area contributed by atoms with E-state index in [0.29, 0.717) is 18.8 Å². The fourth-order valence-electron chi connectivity index (χ4n) is 3.24. The van der Waals surface area contributed by atoms with Gasteiger partial charge in [0.25, 0.3) is 0 Å². The second-order valence-electron chi connectivity index (χ2n) is 5.95. The minimum Gasteiger partial charge on any atom is -0.316 e. The molecule has 1 aromatic rings. The molecule has 1 atom stereocenters. The van der Waals surface area contributed by atoms with Crippen LogP contribution in [-0.4, -0.2) is 28.8 Å². The zero-order valence-corrected chi connectivity index (χ0v) is 14.5. The van der Waals surface area contributed by atoms with Crippen LogP contribution in [0.2, 0.25) is 0 Å². The number of aryl methyl sites for hydroxylation is 2. The Bertz CT molecular complexity index is 478. The summed E-state index contributed by atoms with van der Waals surface area (Å²) in [6, 6.07) is 0.221. The fourth-order valence-corrected chi connectivity index (χ4v) is 3.69. The summed E-state index contributed by atoms with van der Waals surface area (Å²) in [5.41, 5.74) is 2.14. The van der Waals surface area contributed by atoms with Crippen LogP contribution < -0.4 is 5.32 Å². The number of nitrogens with one attached hydrogen (secondary N) is 1. The molecular weight excluding hydrogens is 340 g/mol. The van der Waals surface area contributed by atoms with E-state index in [4.69, 9.17) is 0 Å². The topological polar surface area (TPSA) is 29.9 Å². The highest BCUT2D eigenvalue weighted by Crippen LogP contribution is 2.38. The Kier molecular flexibility index (Phi) is 5.41. The minimum atomic E-state index is -2.46. The monoisotopic (exact) mass is 363 g/mol. The van der Waals surface area contributed by atoms with E-state index in [1.54, 1.807) is 0 Å². The molecule has 0 spiro atoms. The Labute approximate surface area is 133 Å². The van der Waals surface area contributed by atoms with Crippen molar-refractivity contribution in [3.05, 3.63) is 15.9 Å². The van der Waals surface area contributed by atoms with Crippen molar-refractivity contribution in [1.29, 1.82) is 0 Å². The summed E-state index contributed by atoms with van der Waals surface area (Å²) >= 11 is 3.61. The van der Waals surface area contributed by atoms with Crippen molar-refractivity contribution in [3.8, 4) is 0 Å². The van der Waals surface area contributed by atoms with Crippen LogP contribution in [-0.2, 0) is 13.0 Å². The van der Waals surface area contributed by atoms with E-state index in [-0.39, 0.29) is 18.9 Å². The van der Waals surface area contributed by atoms with Gasteiger partial charge in [0.1, 0.15) is 0 Å². The van der Waals surface area contributed by atoms with Crippen LogP contribution >= 0.6 is 15.9 Å². The summed E-state index contributed by atoms with van der Waals surface area (Å²) in [6.07, 6.45) is 2.04. The molecule has 1 saturated carbocycles. The number of alkyl halides is 2. The van der Waals surface area contributed by atoms with Gasteiger partial charge in [0.2, 0.25) is 5.92 Å². The lowest BCUT2D eigenvalue weighted by Crippen LogP contribution is -2.40. The van der Waals surface area contributed by atoms with Crippen LogP contribution in [0, 0.1) is 12.8 Å². The van der Waals surface area contributed by atoms with Crippen LogP contribution in [0.1, 0.15) is 44.0 Å². The van der Waals surface area contributed by atoms with E-state index < -0.39 is 5.92 Å². The molecule has 1 unspecified atom stereocenters. The van der Waals surface area contributed by atoms with Gasteiger partial charge >= 0.3 is 0 Å². The van der Waals surface area contributed by atoms with Crippen molar-refractivity contribution >= 4 is 15.9 Å². The smallest absolute Gasteiger partial charge is 0.248 e. The summed E-state index contributed by atoms with van der Waals surface area (Å²) < 4.78 is 29.7.